The van der Waals surface area contributed by atoms with E-state index < -0.39 is 32.5 Å². The van der Waals surface area contributed by atoms with E-state index in [0.717, 1.165) is 18.2 Å². The van der Waals surface area contributed by atoms with Crippen LogP contribution in [0.3, 0.4) is 0 Å². The van der Waals surface area contributed by atoms with Gasteiger partial charge in [-0.25, -0.2) is 12.8 Å². The van der Waals surface area contributed by atoms with E-state index in [0.29, 0.717) is 5.82 Å². The van der Waals surface area contributed by atoms with Crippen LogP contribution >= 0.6 is 0 Å². The predicted molar refractivity (Wildman–Crippen MR) is 79.8 cm³/mol. The molecule has 0 radical (unpaired) electrons. The van der Waals surface area contributed by atoms with Crippen molar-refractivity contribution in [2.24, 2.45) is 0 Å². The number of benzene rings is 1. The lowest BCUT2D eigenvalue weighted by atomic mass is 9.96. The lowest BCUT2D eigenvalue weighted by Crippen LogP contribution is -2.27. The summed E-state index contributed by atoms with van der Waals surface area (Å²) in [5.41, 5.74) is -0.346. The second-order valence-corrected chi connectivity index (χ2v) is 7.84. The summed E-state index contributed by atoms with van der Waals surface area (Å²) in [6, 6.07) is 1.83. The van der Waals surface area contributed by atoms with Gasteiger partial charge in [-0.1, -0.05) is 25.9 Å². The van der Waals surface area contributed by atoms with Crippen molar-refractivity contribution >= 4 is 10.0 Å². The summed E-state index contributed by atoms with van der Waals surface area (Å²) in [5.74, 6) is -0.808. The SMILES string of the molecule is CC(NS(=O)(=O)c1cc(F)ccc1O)c1nc(C(C)(C)C)no1. The van der Waals surface area contributed by atoms with Crippen LogP contribution in [0.1, 0.15) is 45.5 Å². The highest BCUT2D eigenvalue weighted by atomic mass is 32.2. The molecule has 7 nitrogen and oxygen atoms in total. The summed E-state index contributed by atoms with van der Waals surface area (Å²) in [6.45, 7) is 7.18. The molecule has 0 saturated carbocycles. The van der Waals surface area contributed by atoms with Gasteiger partial charge in [0, 0.05) is 5.41 Å². The van der Waals surface area contributed by atoms with Gasteiger partial charge in [-0.05, 0) is 25.1 Å². The number of hydrogen-bond donors (Lipinski definition) is 2. The molecule has 1 heterocycles. The van der Waals surface area contributed by atoms with E-state index in [2.05, 4.69) is 14.9 Å². The number of nitrogens with one attached hydrogen (secondary N) is 1. The van der Waals surface area contributed by atoms with Gasteiger partial charge in [0.05, 0.1) is 6.04 Å². The Bertz CT molecular complexity index is 812. The summed E-state index contributed by atoms with van der Waals surface area (Å²) >= 11 is 0. The summed E-state index contributed by atoms with van der Waals surface area (Å²) in [6.07, 6.45) is 0. The molecule has 0 spiro atoms. The van der Waals surface area contributed by atoms with Crippen molar-refractivity contribution in [3.05, 3.63) is 35.7 Å². The molecule has 2 rings (SSSR count). The normalized spacial score (nSPS) is 14.0. The molecule has 1 aromatic carbocycles. The van der Waals surface area contributed by atoms with Crippen LogP contribution < -0.4 is 4.72 Å². The fourth-order valence-corrected chi connectivity index (χ4v) is 3.07. The van der Waals surface area contributed by atoms with Crippen LogP contribution in [0.4, 0.5) is 4.39 Å². The molecule has 1 atom stereocenters. The zero-order valence-electron chi connectivity index (χ0n) is 13.2. The number of nitrogens with zero attached hydrogens (tertiary/aromatic N) is 2. The monoisotopic (exact) mass is 343 g/mol. The third-order valence-corrected chi connectivity index (χ3v) is 4.60. The third kappa shape index (κ3) is 3.85. The van der Waals surface area contributed by atoms with E-state index in [1.54, 1.807) is 0 Å². The van der Waals surface area contributed by atoms with E-state index in [-0.39, 0.29) is 11.3 Å². The predicted octanol–water partition coefficient (Wildman–Crippen LogP) is 2.25. The van der Waals surface area contributed by atoms with Gasteiger partial charge < -0.3 is 9.63 Å². The van der Waals surface area contributed by atoms with Crippen LogP contribution in [0.15, 0.2) is 27.6 Å². The number of rotatable bonds is 4. The standard InChI is InChI=1S/C14H18FN3O4S/c1-8(12-16-13(17-22-12)14(2,3)4)18-23(20,21)11-7-9(15)5-6-10(11)19/h5-8,18-19H,1-4H3. The summed E-state index contributed by atoms with van der Waals surface area (Å²) in [4.78, 5) is 3.60. The zero-order chi connectivity index (χ0) is 17.4. The molecule has 1 unspecified atom stereocenters. The van der Waals surface area contributed by atoms with E-state index in [4.69, 9.17) is 4.52 Å². The molecule has 0 saturated heterocycles. The quantitative estimate of drug-likeness (QED) is 0.882. The fourth-order valence-electron chi connectivity index (χ4n) is 1.77. The maximum atomic E-state index is 13.2. The number of aromatic hydroxyl groups is 1. The Morgan fingerprint density at radius 1 is 1.35 bits per heavy atom. The first-order chi connectivity index (χ1) is 10.5. The minimum absolute atomic E-state index is 0.0781. The molecule has 0 fully saturated rings. The summed E-state index contributed by atoms with van der Waals surface area (Å²) < 4.78 is 45.1. The highest BCUT2D eigenvalue weighted by molar-refractivity contribution is 7.89. The van der Waals surface area contributed by atoms with Gasteiger partial charge in [-0.3, -0.25) is 0 Å². The van der Waals surface area contributed by atoms with Crippen molar-refractivity contribution < 1.29 is 22.4 Å². The van der Waals surface area contributed by atoms with Gasteiger partial charge in [0.25, 0.3) is 0 Å². The number of hydrogen-bond acceptors (Lipinski definition) is 6. The Hall–Kier alpha value is -2.00. The fraction of sp³-hybridized carbons (Fsp3) is 0.429. The summed E-state index contributed by atoms with van der Waals surface area (Å²) in [7, 11) is -4.15. The van der Waals surface area contributed by atoms with Crippen LogP contribution in [0.2, 0.25) is 0 Å². The molecular formula is C14H18FN3O4S. The minimum atomic E-state index is -4.15. The van der Waals surface area contributed by atoms with Gasteiger partial charge in [0.1, 0.15) is 16.5 Å². The zero-order valence-corrected chi connectivity index (χ0v) is 14.0. The van der Waals surface area contributed by atoms with Gasteiger partial charge in [0.2, 0.25) is 15.9 Å². The van der Waals surface area contributed by atoms with Crippen molar-refractivity contribution in [3.63, 3.8) is 0 Å². The van der Waals surface area contributed by atoms with E-state index >= 15 is 0 Å². The molecule has 126 valence electrons. The van der Waals surface area contributed by atoms with Crippen LogP contribution in [0, 0.1) is 5.82 Å². The first-order valence-corrected chi connectivity index (χ1v) is 8.34. The Morgan fingerprint density at radius 3 is 2.57 bits per heavy atom. The van der Waals surface area contributed by atoms with Gasteiger partial charge in [0.15, 0.2) is 5.82 Å². The van der Waals surface area contributed by atoms with Gasteiger partial charge in [-0.2, -0.15) is 9.71 Å². The Kier molecular flexibility index (Phi) is 4.45. The van der Waals surface area contributed by atoms with Crippen molar-refractivity contribution in [3.8, 4) is 5.75 Å². The van der Waals surface area contributed by atoms with E-state index in [1.807, 2.05) is 20.8 Å². The van der Waals surface area contributed by atoms with Gasteiger partial charge >= 0.3 is 0 Å². The molecule has 0 bridgehead atoms. The average Bonchev–Trinajstić information content (AvgIpc) is 2.90. The highest BCUT2D eigenvalue weighted by Gasteiger charge is 2.27. The molecule has 1 aromatic heterocycles. The molecule has 23 heavy (non-hydrogen) atoms. The maximum absolute atomic E-state index is 13.2. The van der Waals surface area contributed by atoms with Crippen LogP contribution in [0.25, 0.3) is 0 Å². The molecular weight excluding hydrogens is 325 g/mol. The second kappa shape index (κ2) is 5.89. The molecule has 2 aromatic rings. The Morgan fingerprint density at radius 2 is 2.00 bits per heavy atom. The first kappa shape index (κ1) is 17.4. The molecule has 0 aliphatic rings. The minimum Gasteiger partial charge on any atom is -0.507 e. The molecule has 0 aliphatic heterocycles. The van der Waals surface area contributed by atoms with Crippen molar-refractivity contribution in [2.75, 3.05) is 0 Å². The van der Waals surface area contributed by atoms with Crippen molar-refractivity contribution in [1.82, 2.24) is 14.9 Å². The Labute approximate surface area is 133 Å². The number of aromatic nitrogens is 2. The van der Waals surface area contributed by atoms with Crippen molar-refractivity contribution in [2.45, 2.75) is 44.0 Å². The topological polar surface area (TPSA) is 105 Å². The number of phenolic OH excluding ortho intramolecular Hbond substituents is 1. The van der Waals surface area contributed by atoms with E-state index in [9.17, 15) is 17.9 Å². The van der Waals surface area contributed by atoms with E-state index in [1.165, 1.54) is 6.92 Å². The highest BCUT2D eigenvalue weighted by Crippen LogP contribution is 2.26. The average molecular weight is 343 g/mol. The van der Waals surface area contributed by atoms with Crippen molar-refractivity contribution in [1.29, 1.82) is 0 Å². The molecule has 0 aliphatic carbocycles. The van der Waals surface area contributed by atoms with Crippen LogP contribution in [-0.2, 0) is 15.4 Å². The lowest BCUT2D eigenvalue weighted by molar-refractivity contribution is 0.342. The number of sulfonamides is 1. The molecule has 0 amide bonds. The largest absolute Gasteiger partial charge is 0.507 e. The Balaban J connectivity index is 2.26. The smallest absolute Gasteiger partial charge is 0.245 e. The first-order valence-electron chi connectivity index (χ1n) is 6.85. The maximum Gasteiger partial charge on any atom is 0.245 e. The van der Waals surface area contributed by atoms with Crippen LogP contribution in [0.5, 0.6) is 5.75 Å². The summed E-state index contributed by atoms with van der Waals surface area (Å²) in [5, 5.41) is 13.4. The molecule has 2 N–H and O–H groups in total. The lowest BCUT2D eigenvalue weighted by Gasteiger charge is -2.12. The molecule has 9 heteroatoms. The second-order valence-electron chi connectivity index (χ2n) is 6.16. The number of phenols is 1. The number of halogens is 1. The third-order valence-electron chi connectivity index (χ3n) is 3.03. The van der Waals surface area contributed by atoms with Gasteiger partial charge in [-0.15, -0.1) is 0 Å². The van der Waals surface area contributed by atoms with Crippen LogP contribution in [-0.4, -0.2) is 23.7 Å².